The number of carbonyl (C=O) groups excluding carboxylic acids is 1. The van der Waals surface area contributed by atoms with Crippen molar-refractivity contribution < 1.29 is 13.2 Å². The van der Waals surface area contributed by atoms with Crippen LogP contribution in [0, 0.1) is 0 Å². The molecule has 1 aliphatic heterocycles. The van der Waals surface area contributed by atoms with Gasteiger partial charge in [0.2, 0.25) is 10.0 Å². The van der Waals surface area contributed by atoms with E-state index in [1.54, 1.807) is 29.4 Å². The number of hydrogen-bond acceptors (Lipinski definition) is 4. The van der Waals surface area contributed by atoms with Crippen LogP contribution in [0.15, 0.2) is 30.6 Å². The second-order valence-electron chi connectivity index (χ2n) is 7.04. The van der Waals surface area contributed by atoms with Gasteiger partial charge in [-0.2, -0.15) is 0 Å². The van der Waals surface area contributed by atoms with Gasteiger partial charge in [0.05, 0.1) is 24.2 Å². The first kappa shape index (κ1) is 18.4. The maximum atomic E-state index is 13.1. The van der Waals surface area contributed by atoms with Crippen molar-refractivity contribution in [2.45, 2.75) is 38.3 Å². The number of nitrogens with zero attached hydrogens (tertiary/aromatic N) is 2. The lowest BCUT2D eigenvalue weighted by molar-refractivity contribution is 0.0990. The Hall–Kier alpha value is -1.96. The summed E-state index contributed by atoms with van der Waals surface area (Å²) in [7, 11) is -3.33. The van der Waals surface area contributed by atoms with Crippen LogP contribution in [0.1, 0.15) is 58.9 Å². The highest BCUT2D eigenvalue weighted by molar-refractivity contribution is 7.88. The van der Waals surface area contributed by atoms with E-state index in [1.165, 1.54) is 0 Å². The van der Waals surface area contributed by atoms with Crippen molar-refractivity contribution in [1.82, 2.24) is 9.71 Å². The summed E-state index contributed by atoms with van der Waals surface area (Å²) in [5.41, 5.74) is 4.17. The smallest absolute Gasteiger partial charge is 0.259 e. The number of benzene rings is 1. The summed E-state index contributed by atoms with van der Waals surface area (Å²) in [5.74, 6) is -0.0664. The Morgan fingerprint density at radius 1 is 1.30 bits per heavy atom. The molecule has 2 aromatic rings. The van der Waals surface area contributed by atoms with Gasteiger partial charge < -0.3 is 0 Å². The Morgan fingerprint density at radius 2 is 2.07 bits per heavy atom. The highest BCUT2D eigenvalue weighted by atomic mass is 35.5. The Morgan fingerprint density at radius 3 is 2.78 bits per heavy atom. The summed E-state index contributed by atoms with van der Waals surface area (Å²) < 4.78 is 26.0. The van der Waals surface area contributed by atoms with E-state index in [9.17, 15) is 13.2 Å². The van der Waals surface area contributed by atoms with Crippen molar-refractivity contribution >= 4 is 33.2 Å². The maximum Gasteiger partial charge on any atom is 0.259 e. The largest absolute Gasteiger partial charge is 0.299 e. The zero-order valence-corrected chi connectivity index (χ0v) is 16.6. The number of sulfonamides is 1. The van der Waals surface area contributed by atoms with E-state index in [2.05, 4.69) is 9.71 Å². The molecule has 6 nitrogen and oxygen atoms in total. The lowest BCUT2D eigenvalue weighted by atomic mass is 10.0. The molecule has 1 aromatic carbocycles. The zero-order valence-electron chi connectivity index (χ0n) is 15.1. The molecule has 0 saturated heterocycles. The molecule has 0 spiro atoms. The summed E-state index contributed by atoms with van der Waals surface area (Å²) in [6.07, 6.45) is 6.64. The summed E-state index contributed by atoms with van der Waals surface area (Å²) in [6.45, 7) is 2.03. The van der Waals surface area contributed by atoms with E-state index in [1.807, 2.05) is 13.0 Å². The summed E-state index contributed by atoms with van der Waals surface area (Å²) >= 11 is 6.15. The molecule has 0 unspecified atom stereocenters. The summed E-state index contributed by atoms with van der Waals surface area (Å²) in [4.78, 5) is 19.2. The van der Waals surface area contributed by atoms with Crippen molar-refractivity contribution in [3.8, 4) is 0 Å². The molecular weight excluding hydrogens is 386 g/mol. The number of pyridine rings is 1. The van der Waals surface area contributed by atoms with E-state index in [4.69, 9.17) is 11.6 Å². The number of anilines is 1. The summed E-state index contributed by atoms with van der Waals surface area (Å²) in [6, 6.07) is 4.94. The number of carbonyl (C=O) groups is 1. The van der Waals surface area contributed by atoms with Crippen molar-refractivity contribution in [2.75, 3.05) is 11.2 Å². The van der Waals surface area contributed by atoms with Gasteiger partial charge in [0, 0.05) is 22.8 Å². The van der Waals surface area contributed by atoms with Gasteiger partial charge in [-0.3, -0.25) is 14.7 Å². The van der Waals surface area contributed by atoms with E-state index in [0.29, 0.717) is 23.4 Å². The normalized spacial score (nSPS) is 21.4. The van der Waals surface area contributed by atoms with Crippen LogP contribution in [0.3, 0.4) is 0 Å². The van der Waals surface area contributed by atoms with Gasteiger partial charge in [0.1, 0.15) is 0 Å². The first-order valence-corrected chi connectivity index (χ1v) is 11.1. The minimum Gasteiger partial charge on any atom is -0.299 e. The summed E-state index contributed by atoms with van der Waals surface area (Å²) in [5, 5.41) is 0.607. The van der Waals surface area contributed by atoms with Crippen LogP contribution in [-0.2, 0) is 16.4 Å². The molecule has 1 N–H and O–H groups in total. The van der Waals surface area contributed by atoms with Gasteiger partial charge >= 0.3 is 0 Å². The molecule has 1 aromatic heterocycles. The molecule has 0 bridgehead atoms. The van der Waals surface area contributed by atoms with Gasteiger partial charge in [-0.25, -0.2) is 13.1 Å². The first-order valence-electron chi connectivity index (χ1n) is 8.87. The molecule has 2 aliphatic rings. The molecule has 27 heavy (non-hydrogen) atoms. The van der Waals surface area contributed by atoms with Crippen LogP contribution in [0.25, 0.3) is 0 Å². The average molecular weight is 406 g/mol. The SMILES string of the molecule is CC[C@H]1c2cc(Cl)ccc2C(=O)N1c1cncc2c1CC[C@H]2NS(C)(=O)=O. The number of rotatable bonds is 4. The minimum absolute atomic E-state index is 0.0664. The lowest BCUT2D eigenvalue weighted by Crippen LogP contribution is -2.29. The van der Waals surface area contributed by atoms with Crippen molar-refractivity contribution in [2.24, 2.45) is 0 Å². The predicted molar refractivity (Wildman–Crippen MR) is 105 cm³/mol. The predicted octanol–water partition coefficient (Wildman–Crippen LogP) is 3.38. The van der Waals surface area contributed by atoms with Gasteiger partial charge in [-0.05, 0) is 54.2 Å². The number of fused-ring (bicyclic) bond motifs is 2. The molecule has 0 radical (unpaired) electrons. The fourth-order valence-electron chi connectivity index (χ4n) is 4.19. The third kappa shape index (κ3) is 3.13. The van der Waals surface area contributed by atoms with Gasteiger partial charge in [0.15, 0.2) is 0 Å². The van der Waals surface area contributed by atoms with Crippen molar-refractivity contribution in [3.63, 3.8) is 0 Å². The van der Waals surface area contributed by atoms with E-state index >= 15 is 0 Å². The Labute approximate surface area is 163 Å². The lowest BCUT2D eigenvalue weighted by Gasteiger charge is -2.26. The van der Waals surface area contributed by atoms with Crippen LogP contribution in [0.5, 0.6) is 0 Å². The topological polar surface area (TPSA) is 79.4 Å². The van der Waals surface area contributed by atoms with Crippen LogP contribution in [0.4, 0.5) is 5.69 Å². The molecular formula is C19H20ClN3O3S. The second kappa shape index (κ2) is 6.58. The molecule has 1 aliphatic carbocycles. The molecule has 1 amide bonds. The van der Waals surface area contributed by atoms with Crippen LogP contribution in [0.2, 0.25) is 5.02 Å². The fourth-order valence-corrected chi connectivity index (χ4v) is 5.13. The zero-order chi connectivity index (χ0) is 19.3. The van der Waals surface area contributed by atoms with Crippen LogP contribution >= 0.6 is 11.6 Å². The molecule has 0 fully saturated rings. The molecule has 142 valence electrons. The first-order chi connectivity index (χ1) is 12.8. The van der Waals surface area contributed by atoms with Gasteiger partial charge in [0.25, 0.3) is 5.91 Å². The number of amides is 1. The standard InChI is InChI=1S/C19H20ClN3O3S/c1-3-17-14-8-11(20)4-5-13(14)19(24)23(17)18-10-21-9-15-12(18)6-7-16(15)22-27(2,25)26/h4-5,8-10,16-17,22H,3,6-7H2,1-2H3/t16-,17+/m1/s1. The molecule has 2 atom stereocenters. The highest BCUT2D eigenvalue weighted by Crippen LogP contribution is 2.44. The third-order valence-electron chi connectivity index (χ3n) is 5.26. The van der Waals surface area contributed by atoms with E-state index in [0.717, 1.165) is 35.1 Å². The monoisotopic (exact) mass is 405 g/mol. The average Bonchev–Trinajstić information content (AvgIpc) is 3.12. The second-order valence-corrected chi connectivity index (χ2v) is 9.25. The fraction of sp³-hybridized carbons (Fsp3) is 0.368. The molecule has 8 heteroatoms. The number of aromatic nitrogens is 1. The van der Waals surface area contributed by atoms with Crippen molar-refractivity contribution in [3.05, 3.63) is 57.9 Å². The van der Waals surface area contributed by atoms with Crippen LogP contribution < -0.4 is 9.62 Å². The Bertz CT molecular complexity index is 1040. The Balaban J connectivity index is 1.78. The van der Waals surface area contributed by atoms with E-state index < -0.39 is 10.0 Å². The van der Waals surface area contributed by atoms with Crippen LogP contribution in [-0.4, -0.2) is 25.6 Å². The molecule has 4 rings (SSSR count). The number of nitrogens with one attached hydrogen (secondary N) is 1. The maximum absolute atomic E-state index is 13.1. The Kier molecular flexibility index (Phi) is 4.49. The quantitative estimate of drug-likeness (QED) is 0.845. The van der Waals surface area contributed by atoms with Crippen molar-refractivity contribution in [1.29, 1.82) is 0 Å². The minimum atomic E-state index is -3.33. The molecule has 2 heterocycles. The van der Waals surface area contributed by atoms with Gasteiger partial charge in [-0.1, -0.05) is 18.5 Å². The number of hydrogen-bond donors (Lipinski definition) is 1. The van der Waals surface area contributed by atoms with E-state index in [-0.39, 0.29) is 18.0 Å². The highest BCUT2D eigenvalue weighted by Gasteiger charge is 2.39. The van der Waals surface area contributed by atoms with Gasteiger partial charge in [-0.15, -0.1) is 0 Å². The third-order valence-corrected chi connectivity index (χ3v) is 6.21. The number of halogens is 1. The molecule has 0 saturated carbocycles.